The molecule has 0 aliphatic carbocycles. The molecule has 0 saturated carbocycles. The summed E-state index contributed by atoms with van der Waals surface area (Å²) in [5.41, 5.74) is 5.65. The van der Waals surface area contributed by atoms with Crippen LogP contribution in [0.2, 0.25) is 0 Å². The van der Waals surface area contributed by atoms with Crippen LogP contribution in [0.3, 0.4) is 0 Å². The lowest BCUT2D eigenvalue weighted by atomic mass is 9.93. The van der Waals surface area contributed by atoms with E-state index in [0.29, 0.717) is 19.8 Å². The Labute approximate surface area is 127 Å². The Morgan fingerprint density at radius 1 is 1.10 bits per heavy atom. The Hall–Kier alpha value is -0.980. The third-order valence-electron chi connectivity index (χ3n) is 3.57. The molecule has 1 atom stereocenters. The summed E-state index contributed by atoms with van der Waals surface area (Å²) in [4.78, 5) is 2.17. The van der Waals surface area contributed by atoms with Crippen LogP contribution in [0, 0.1) is 0 Å². The van der Waals surface area contributed by atoms with Crippen LogP contribution in [-0.4, -0.2) is 63.6 Å². The molecule has 0 heterocycles. The van der Waals surface area contributed by atoms with Crippen LogP contribution in [0.4, 0.5) is 0 Å². The van der Waals surface area contributed by atoms with Gasteiger partial charge in [0.1, 0.15) is 5.60 Å². The number of rotatable bonds is 11. The van der Waals surface area contributed by atoms with Crippen molar-refractivity contribution in [1.82, 2.24) is 4.90 Å². The van der Waals surface area contributed by atoms with Gasteiger partial charge in [-0.05, 0) is 12.0 Å². The number of aliphatic hydroxyl groups is 1. The first kappa shape index (κ1) is 18.1. The molecule has 5 nitrogen and oxygen atoms in total. The molecule has 21 heavy (non-hydrogen) atoms. The average molecular weight is 296 g/mol. The van der Waals surface area contributed by atoms with Gasteiger partial charge in [0, 0.05) is 47.0 Å². The normalized spacial score (nSPS) is 14.3. The van der Waals surface area contributed by atoms with Gasteiger partial charge < -0.3 is 20.3 Å². The molecule has 0 saturated heterocycles. The summed E-state index contributed by atoms with van der Waals surface area (Å²) in [6.07, 6.45) is 0.912. The molecule has 120 valence electrons. The van der Waals surface area contributed by atoms with Gasteiger partial charge in [0.25, 0.3) is 0 Å². The SMILES string of the molecule is COCCCN(CCOC)CC(O)(CN)c1ccccc1. The Bertz CT molecular complexity index is 375. The first-order valence-electron chi connectivity index (χ1n) is 7.34. The molecule has 0 amide bonds. The summed E-state index contributed by atoms with van der Waals surface area (Å²) in [6.45, 7) is 3.60. The third-order valence-corrected chi connectivity index (χ3v) is 3.57. The summed E-state index contributed by atoms with van der Waals surface area (Å²) in [6, 6.07) is 9.59. The quantitative estimate of drug-likeness (QED) is 0.592. The van der Waals surface area contributed by atoms with Crippen molar-refractivity contribution in [1.29, 1.82) is 0 Å². The highest BCUT2D eigenvalue weighted by Crippen LogP contribution is 2.21. The fourth-order valence-electron chi connectivity index (χ4n) is 2.31. The summed E-state index contributed by atoms with van der Waals surface area (Å²) in [5, 5.41) is 10.9. The van der Waals surface area contributed by atoms with Gasteiger partial charge in [-0.3, -0.25) is 4.90 Å². The Morgan fingerprint density at radius 3 is 2.33 bits per heavy atom. The first-order chi connectivity index (χ1) is 10.2. The zero-order valence-corrected chi connectivity index (χ0v) is 13.1. The molecule has 5 heteroatoms. The molecule has 1 rings (SSSR count). The number of nitrogens with zero attached hydrogens (tertiary/aromatic N) is 1. The van der Waals surface area contributed by atoms with Crippen molar-refractivity contribution in [3.8, 4) is 0 Å². The number of methoxy groups -OCH3 is 2. The second-order valence-electron chi connectivity index (χ2n) is 5.22. The summed E-state index contributed by atoms with van der Waals surface area (Å²) < 4.78 is 10.2. The lowest BCUT2D eigenvalue weighted by molar-refractivity contribution is -0.00126. The molecule has 0 spiro atoms. The molecule has 3 N–H and O–H groups in total. The van der Waals surface area contributed by atoms with Gasteiger partial charge in [0.05, 0.1) is 6.61 Å². The van der Waals surface area contributed by atoms with E-state index in [1.54, 1.807) is 14.2 Å². The molecule has 0 aliphatic heterocycles. The molecule has 0 aromatic heterocycles. The van der Waals surface area contributed by atoms with Gasteiger partial charge in [0.15, 0.2) is 0 Å². The molecule has 0 aliphatic rings. The van der Waals surface area contributed by atoms with Crippen molar-refractivity contribution in [2.24, 2.45) is 5.73 Å². The molecular weight excluding hydrogens is 268 g/mol. The van der Waals surface area contributed by atoms with Gasteiger partial charge in [0.2, 0.25) is 0 Å². The Balaban J connectivity index is 2.72. The van der Waals surface area contributed by atoms with Gasteiger partial charge in [-0.25, -0.2) is 0 Å². The number of ether oxygens (including phenoxy) is 2. The minimum absolute atomic E-state index is 0.185. The van der Waals surface area contributed by atoms with Crippen LogP contribution in [-0.2, 0) is 15.1 Å². The van der Waals surface area contributed by atoms with Crippen molar-refractivity contribution in [2.45, 2.75) is 12.0 Å². The summed E-state index contributed by atoms with van der Waals surface area (Å²) in [7, 11) is 3.37. The van der Waals surface area contributed by atoms with E-state index in [-0.39, 0.29) is 6.54 Å². The maximum absolute atomic E-state index is 10.9. The van der Waals surface area contributed by atoms with Crippen LogP contribution in [0.1, 0.15) is 12.0 Å². The maximum atomic E-state index is 10.9. The predicted molar refractivity (Wildman–Crippen MR) is 84.2 cm³/mol. The van der Waals surface area contributed by atoms with E-state index in [0.717, 1.165) is 25.1 Å². The van der Waals surface area contributed by atoms with Crippen LogP contribution >= 0.6 is 0 Å². The highest BCUT2D eigenvalue weighted by atomic mass is 16.5. The number of hydrogen-bond acceptors (Lipinski definition) is 5. The van der Waals surface area contributed by atoms with E-state index in [9.17, 15) is 5.11 Å². The topological polar surface area (TPSA) is 68.0 Å². The van der Waals surface area contributed by atoms with Gasteiger partial charge in [-0.1, -0.05) is 30.3 Å². The van der Waals surface area contributed by atoms with E-state index >= 15 is 0 Å². The first-order valence-corrected chi connectivity index (χ1v) is 7.34. The average Bonchev–Trinajstić information content (AvgIpc) is 2.53. The lowest BCUT2D eigenvalue weighted by Crippen LogP contribution is -2.47. The maximum Gasteiger partial charge on any atom is 0.114 e. The van der Waals surface area contributed by atoms with Crippen LogP contribution in [0.15, 0.2) is 30.3 Å². The van der Waals surface area contributed by atoms with Crippen LogP contribution < -0.4 is 5.73 Å². The molecule has 1 aromatic rings. The van der Waals surface area contributed by atoms with Crippen LogP contribution in [0.5, 0.6) is 0 Å². The summed E-state index contributed by atoms with van der Waals surface area (Å²) >= 11 is 0. The monoisotopic (exact) mass is 296 g/mol. The third kappa shape index (κ3) is 6.11. The summed E-state index contributed by atoms with van der Waals surface area (Å²) in [5.74, 6) is 0. The minimum atomic E-state index is -1.04. The molecule has 0 bridgehead atoms. The number of hydrogen-bond donors (Lipinski definition) is 2. The van der Waals surface area contributed by atoms with E-state index in [2.05, 4.69) is 4.90 Å². The van der Waals surface area contributed by atoms with E-state index in [4.69, 9.17) is 15.2 Å². The largest absolute Gasteiger partial charge is 0.385 e. The zero-order chi connectivity index (χ0) is 15.6. The van der Waals surface area contributed by atoms with E-state index < -0.39 is 5.60 Å². The molecule has 1 aromatic carbocycles. The zero-order valence-electron chi connectivity index (χ0n) is 13.1. The smallest absolute Gasteiger partial charge is 0.114 e. The fraction of sp³-hybridized carbons (Fsp3) is 0.625. The molecule has 0 fully saturated rings. The Kier molecular flexibility index (Phi) is 8.49. The second kappa shape index (κ2) is 9.87. The van der Waals surface area contributed by atoms with Crippen LogP contribution in [0.25, 0.3) is 0 Å². The van der Waals surface area contributed by atoms with Crippen molar-refractivity contribution in [3.63, 3.8) is 0 Å². The van der Waals surface area contributed by atoms with Crippen molar-refractivity contribution in [2.75, 3.05) is 53.6 Å². The number of nitrogens with two attached hydrogens (primary N) is 1. The Morgan fingerprint density at radius 2 is 1.76 bits per heavy atom. The number of benzene rings is 1. The van der Waals surface area contributed by atoms with Crippen molar-refractivity contribution < 1.29 is 14.6 Å². The molecule has 0 radical (unpaired) electrons. The minimum Gasteiger partial charge on any atom is -0.385 e. The lowest BCUT2D eigenvalue weighted by Gasteiger charge is -2.34. The predicted octanol–water partition coefficient (Wildman–Crippen LogP) is 0.818. The molecule has 1 unspecified atom stereocenters. The highest BCUT2D eigenvalue weighted by molar-refractivity contribution is 5.23. The van der Waals surface area contributed by atoms with Gasteiger partial charge >= 0.3 is 0 Å². The van der Waals surface area contributed by atoms with E-state index in [1.807, 2.05) is 30.3 Å². The standard InChI is InChI=1S/C16H28N2O3/c1-20-11-6-9-18(10-12-21-2)14-16(19,13-17)15-7-4-3-5-8-15/h3-5,7-8,19H,6,9-14,17H2,1-2H3. The van der Waals surface area contributed by atoms with Crippen molar-refractivity contribution in [3.05, 3.63) is 35.9 Å². The van der Waals surface area contributed by atoms with Gasteiger partial charge in [-0.2, -0.15) is 0 Å². The second-order valence-corrected chi connectivity index (χ2v) is 5.22. The fourth-order valence-corrected chi connectivity index (χ4v) is 2.31. The highest BCUT2D eigenvalue weighted by Gasteiger charge is 2.29. The molecular formula is C16H28N2O3. The van der Waals surface area contributed by atoms with Crippen molar-refractivity contribution >= 4 is 0 Å². The van der Waals surface area contributed by atoms with Gasteiger partial charge in [-0.15, -0.1) is 0 Å². The van der Waals surface area contributed by atoms with E-state index in [1.165, 1.54) is 0 Å².